The quantitative estimate of drug-likeness (QED) is 0.742. The van der Waals surface area contributed by atoms with Crippen LogP contribution in [-0.2, 0) is 9.59 Å². The van der Waals surface area contributed by atoms with Gasteiger partial charge >= 0.3 is 11.8 Å². The minimum Gasteiger partial charge on any atom is -0.508 e. The summed E-state index contributed by atoms with van der Waals surface area (Å²) in [5.74, 6) is -1.79. The summed E-state index contributed by atoms with van der Waals surface area (Å²) >= 11 is 11.6. The van der Waals surface area contributed by atoms with Crippen LogP contribution >= 0.6 is 23.2 Å². The fraction of sp³-hybridized carbons (Fsp3) is 0. The molecule has 0 aliphatic rings. The minimum atomic E-state index is -0.887. The van der Waals surface area contributed by atoms with Crippen LogP contribution in [0.3, 0.4) is 0 Å². The van der Waals surface area contributed by atoms with Gasteiger partial charge in [0.2, 0.25) is 0 Å². The van der Waals surface area contributed by atoms with Gasteiger partial charge in [-0.1, -0.05) is 29.3 Å². The van der Waals surface area contributed by atoms with Crippen LogP contribution in [0.1, 0.15) is 0 Å². The highest BCUT2D eigenvalue weighted by atomic mass is 35.5. The summed E-state index contributed by atoms with van der Waals surface area (Å²) < 4.78 is 0. The minimum absolute atomic E-state index is 0.0195. The third-order valence-electron chi connectivity index (χ3n) is 2.49. The Bertz CT molecular complexity index is 704. The first-order chi connectivity index (χ1) is 9.95. The number of carbonyl (C=O) groups is 2. The second-order valence-electron chi connectivity index (χ2n) is 4.08. The maximum Gasteiger partial charge on any atom is 0.314 e. The van der Waals surface area contributed by atoms with Gasteiger partial charge in [0.1, 0.15) is 5.75 Å². The summed E-state index contributed by atoms with van der Waals surface area (Å²) in [5.41, 5.74) is 0.578. The van der Waals surface area contributed by atoms with Crippen molar-refractivity contribution in [2.45, 2.75) is 0 Å². The van der Waals surface area contributed by atoms with Crippen molar-refractivity contribution in [3.8, 4) is 5.75 Å². The molecule has 0 bridgehead atoms. The number of anilines is 2. The molecule has 0 spiro atoms. The Morgan fingerprint density at radius 2 is 1.67 bits per heavy atom. The van der Waals surface area contributed by atoms with Gasteiger partial charge in [0.15, 0.2) is 0 Å². The number of hydrogen-bond acceptors (Lipinski definition) is 3. The van der Waals surface area contributed by atoms with Crippen molar-refractivity contribution >= 4 is 46.4 Å². The number of amides is 2. The van der Waals surface area contributed by atoms with Crippen molar-refractivity contribution in [3.05, 3.63) is 52.5 Å². The first-order valence-electron chi connectivity index (χ1n) is 5.82. The molecule has 2 aromatic rings. The predicted molar refractivity (Wildman–Crippen MR) is 81.8 cm³/mol. The number of nitrogens with one attached hydrogen (secondary N) is 2. The molecule has 0 aliphatic carbocycles. The Morgan fingerprint density at radius 1 is 0.952 bits per heavy atom. The van der Waals surface area contributed by atoms with Gasteiger partial charge in [0.25, 0.3) is 0 Å². The zero-order valence-electron chi connectivity index (χ0n) is 10.6. The lowest BCUT2D eigenvalue weighted by atomic mass is 10.3. The van der Waals surface area contributed by atoms with Gasteiger partial charge in [0.05, 0.1) is 10.7 Å². The summed E-state index contributed by atoms with van der Waals surface area (Å²) in [7, 11) is 0. The van der Waals surface area contributed by atoms with E-state index < -0.39 is 11.8 Å². The van der Waals surface area contributed by atoms with E-state index in [9.17, 15) is 14.7 Å². The van der Waals surface area contributed by atoms with Crippen LogP contribution in [0.15, 0.2) is 42.5 Å². The molecule has 7 heteroatoms. The summed E-state index contributed by atoms with van der Waals surface area (Å²) in [6.45, 7) is 0. The SMILES string of the molecule is O=C(Nc1cccc(O)c1)C(=O)Nc1ccc(Cl)cc1Cl. The molecule has 5 nitrogen and oxygen atoms in total. The number of carbonyl (C=O) groups excluding carboxylic acids is 2. The van der Waals surface area contributed by atoms with Crippen LogP contribution in [0.2, 0.25) is 10.0 Å². The average molecular weight is 325 g/mol. The molecule has 0 unspecified atom stereocenters. The zero-order valence-corrected chi connectivity index (χ0v) is 12.1. The smallest absolute Gasteiger partial charge is 0.314 e. The van der Waals surface area contributed by atoms with Gasteiger partial charge in [0, 0.05) is 16.8 Å². The molecular weight excluding hydrogens is 315 g/mol. The second kappa shape index (κ2) is 6.47. The van der Waals surface area contributed by atoms with E-state index in [0.29, 0.717) is 10.7 Å². The van der Waals surface area contributed by atoms with Crippen molar-refractivity contribution in [2.24, 2.45) is 0 Å². The molecule has 0 aliphatic heterocycles. The Hall–Kier alpha value is -2.24. The van der Waals surface area contributed by atoms with Crippen molar-refractivity contribution in [1.29, 1.82) is 0 Å². The normalized spacial score (nSPS) is 10.0. The van der Waals surface area contributed by atoms with E-state index >= 15 is 0 Å². The summed E-state index contributed by atoms with van der Waals surface area (Å²) in [5, 5.41) is 14.6. The lowest BCUT2D eigenvalue weighted by Crippen LogP contribution is -2.29. The van der Waals surface area contributed by atoms with E-state index in [2.05, 4.69) is 10.6 Å². The van der Waals surface area contributed by atoms with Crippen LogP contribution in [0.4, 0.5) is 11.4 Å². The molecule has 0 saturated carbocycles. The van der Waals surface area contributed by atoms with Crippen molar-refractivity contribution in [3.63, 3.8) is 0 Å². The fourth-order valence-electron chi connectivity index (χ4n) is 1.54. The van der Waals surface area contributed by atoms with E-state index in [4.69, 9.17) is 23.2 Å². The number of aromatic hydroxyl groups is 1. The van der Waals surface area contributed by atoms with Crippen molar-refractivity contribution in [1.82, 2.24) is 0 Å². The molecule has 0 saturated heterocycles. The molecule has 0 fully saturated rings. The van der Waals surface area contributed by atoms with Crippen molar-refractivity contribution in [2.75, 3.05) is 10.6 Å². The zero-order chi connectivity index (χ0) is 15.4. The monoisotopic (exact) mass is 324 g/mol. The van der Waals surface area contributed by atoms with E-state index in [-0.39, 0.29) is 16.5 Å². The Morgan fingerprint density at radius 3 is 2.33 bits per heavy atom. The summed E-state index contributed by atoms with van der Waals surface area (Å²) in [6.07, 6.45) is 0. The highest BCUT2D eigenvalue weighted by molar-refractivity contribution is 6.45. The van der Waals surface area contributed by atoms with Gasteiger partial charge in [-0.3, -0.25) is 9.59 Å². The second-order valence-corrected chi connectivity index (χ2v) is 4.93. The lowest BCUT2D eigenvalue weighted by molar-refractivity contribution is -0.132. The fourth-order valence-corrected chi connectivity index (χ4v) is 2.00. The van der Waals surface area contributed by atoms with E-state index in [1.54, 1.807) is 12.1 Å². The van der Waals surface area contributed by atoms with Gasteiger partial charge in [-0.15, -0.1) is 0 Å². The molecule has 0 atom stereocenters. The highest BCUT2D eigenvalue weighted by Crippen LogP contribution is 2.25. The maximum absolute atomic E-state index is 11.8. The molecule has 0 radical (unpaired) electrons. The molecule has 2 amide bonds. The number of hydrogen-bond donors (Lipinski definition) is 3. The number of phenolic OH excluding ortho intramolecular Hbond substituents is 1. The lowest BCUT2D eigenvalue weighted by Gasteiger charge is -2.08. The van der Waals surface area contributed by atoms with E-state index in [1.807, 2.05) is 0 Å². The number of phenols is 1. The molecule has 3 N–H and O–H groups in total. The van der Waals surface area contributed by atoms with Crippen LogP contribution in [0.25, 0.3) is 0 Å². The van der Waals surface area contributed by atoms with Gasteiger partial charge in [-0.2, -0.15) is 0 Å². The van der Waals surface area contributed by atoms with Crippen LogP contribution in [0, 0.1) is 0 Å². The molecule has 0 heterocycles. The number of halogens is 2. The molecule has 0 aromatic heterocycles. The largest absolute Gasteiger partial charge is 0.508 e. The predicted octanol–water partition coefficient (Wildman–Crippen LogP) is 3.28. The third kappa shape index (κ3) is 4.11. The van der Waals surface area contributed by atoms with Gasteiger partial charge < -0.3 is 15.7 Å². The Labute approximate surface area is 130 Å². The highest BCUT2D eigenvalue weighted by Gasteiger charge is 2.15. The average Bonchev–Trinajstić information content (AvgIpc) is 2.41. The summed E-state index contributed by atoms with van der Waals surface area (Å²) in [4.78, 5) is 23.5. The maximum atomic E-state index is 11.8. The van der Waals surface area contributed by atoms with Gasteiger partial charge in [-0.05, 0) is 30.3 Å². The molecule has 21 heavy (non-hydrogen) atoms. The third-order valence-corrected chi connectivity index (χ3v) is 3.04. The Balaban J connectivity index is 2.04. The van der Waals surface area contributed by atoms with Crippen LogP contribution in [0.5, 0.6) is 5.75 Å². The summed E-state index contributed by atoms with van der Waals surface area (Å²) in [6, 6.07) is 10.3. The molecule has 2 aromatic carbocycles. The molecular formula is C14H10Cl2N2O3. The molecule has 108 valence electrons. The van der Waals surface area contributed by atoms with E-state index in [0.717, 1.165) is 0 Å². The topological polar surface area (TPSA) is 78.4 Å². The standard InChI is InChI=1S/C14H10Cl2N2O3/c15-8-4-5-12(11(16)6-8)18-14(21)13(20)17-9-2-1-3-10(19)7-9/h1-7,19H,(H,17,20)(H,18,21). The van der Waals surface area contributed by atoms with Crippen LogP contribution < -0.4 is 10.6 Å². The molecule has 2 rings (SSSR count). The first kappa shape index (κ1) is 15.2. The van der Waals surface area contributed by atoms with Gasteiger partial charge in [-0.25, -0.2) is 0 Å². The number of rotatable bonds is 2. The Kier molecular flexibility index (Phi) is 4.67. The first-order valence-corrected chi connectivity index (χ1v) is 6.58. The van der Waals surface area contributed by atoms with E-state index in [1.165, 1.54) is 30.3 Å². The van der Waals surface area contributed by atoms with Crippen molar-refractivity contribution < 1.29 is 14.7 Å². The number of benzene rings is 2. The van der Waals surface area contributed by atoms with Crippen LogP contribution in [-0.4, -0.2) is 16.9 Å².